The molecule has 1 rings (SSSR count). The van der Waals surface area contributed by atoms with Gasteiger partial charge in [0.25, 0.3) is 0 Å². The molecule has 0 amide bonds. The fourth-order valence-corrected chi connectivity index (χ4v) is 0.880. The lowest BCUT2D eigenvalue weighted by molar-refractivity contribution is -0.187. The Morgan fingerprint density at radius 2 is 2.00 bits per heavy atom. The van der Waals surface area contributed by atoms with Gasteiger partial charge in [-0.3, -0.25) is 0 Å². The number of nitrogens with zero attached hydrogens (tertiary/aromatic N) is 3. The second kappa shape index (κ2) is 2.69. The van der Waals surface area contributed by atoms with Crippen molar-refractivity contribution in [3.05, 3.63) is 12.2 Å². The molecule has 0 aliphatic rings. The van der Waals surface area contributed by atoms with Crippen molar-refractivity contribution in [2.45, 2.75) is 18.6 Å². The van der Waals surface area contributed by atoms with E-state index in [1.807, 2.05) is 0 Å². The zero-order valence-electron chi connectivity index (χ0n) is 7.13. The standard InChI is InChI=1S/C6H9F3N4/c1-5(10,6(7,8)9)4-12-11-3-13(4)2/h3H,10H2,1-2H3. The molecule has 4 nitrogen and oxygen atoms in total. The molecule has 1 aromatic heterocycles. The zero-order chi connectivity index (χ0) is 10.3. The molecule has 0 aliphatic carbocycles. The van der Waals surface area contributed by atoms with Crippen LogP contribution in [0.3, 0.4) is 0 Å². The van der Waals surface area contributed by atoms with E-state index in [9.17, 15) is 13.2 Å². The van der Waals surface area contributed by atoms with E-state index >= 15 is 0 Å². The first-order valence-corrected chi connectivity index (χ1v) is 3.47. The smallest absolute Gasteiger partial charge is 0.319 e. The second-order valence-electron chi connectivity index (χ2n) is 2.97. The summed E-state index contributed by atoms with van der Waals surface area (Å²) in [6.07, 6.45) is -3.36. The number of halogens is 3. The summed E-state index contributed by atoms with van der Waals surface area (Å²) in [4.78, 5) is 0. The van der Waals surface area contributed by atoms with E-state index in [2.05, 4.69) is 10.2 Å². The lowest BCUT2D eigenvalue weighted by Crippen LogP contribution is -2.49. The number of alkyl halides is 3. The van der Waals surface area contributed by atoms with Crippen molar-refractivity contribution in [2.75, 3.05) is 0 Å². The van der Waals surface area contributed by atoms with E-state index in [-0.39, 0.29) is 5.82 Å². The van der Waals surface area contributed by atoms with Crippen molar-refractivity contribution in [2.24, 2.45) is 12.8 Å². The number of nitrogens with two attached hydrogens (primary N) is 1. The molecule has 0 saturated heterocycles. The van der Waals surface area contributed by atoms with Gasteiger partial charge in [0.05, 0.1) is 0 Å². The fraction of sp³-hybridized carbons (Fsp3) is 0.667. The third-order valence-corrected chi connectivity index (χ3v) is 1.76. The molecule has 0 aromatic carbocycles. The predicted octanol–water partition coefficient (Wildman–Crippen LogP) is 0.551. The highest BCUT2D eigenvalue weighted by Gasteiger charge is 2.52. The van der Waals surface area contributed by atoms with E-state index < -0.39 is 11.7 Å². The molecular formula is C6H9F3N4. The normalized spacial score (nSPS) is 17.1. The van der Waals surface area contributed by atoms with Crippen LogP contribution in [0, 0.1) is 0 Å². The molecule has 1 atom stereocenters. The fourth-order valence-electron chi connectivity index (χ4n) is 0.880. The maximum atomic E-state index is 12.4. The Hall–Kier alpha value is -1.11. The van der Waals surface area contributed by atoms with Gasteiger partial charge < -0.3 is 10.3 Å². The average molecular weight is 194 g/mol. The molecule has 0 aliphatic heterocycles. The third-order valence-electron chi connectivity index (χ3n) is 1.76. The van der Waals surface area contributed by atoms with Crippen LogP contribution in [0.15, 0.2) is 6.33 Å². The Morgan fingerprint density at radius 3 is 2.31 bits per heavy atom. The van der Waals surface area contributed by atoms with Crippen LogP contribution in [0.25, 0.3) is 0 Å². The SMILES string of the molecule is Cn1cnnc1C(C)(N)C(F)(F)F. The lowest BCUT2D eigenvalue weighted by Gasteiger charge is -2.25. The minimum atomic E-state index is -4.53. The van der Waals surface area contributed by atoms with E-state index in [0.29, 0.717) is 0 Å². The van der Waals surface area contributed by atoms with Crippen LogP contribution in [0.4, 0.5) is 13.2 Å². The van der Waals surface area contributed by atoms with Crippen molar-refractivity contribution in [3.63, 3.8) is 0 Å². The molecule has 0 fully saturated rings. The summed E-state index contributed by atoms with van der Waals surface area (Å²) in [6, 6.07) is 0. The van der Waals surface area contributed by atoms with Gasteiger partial charge in [0.1, 0.15) is 6.33 Å². The van der Waals surface area contributed by atoms with Crippen molar-refractivity contribution in [3.8, 4) is 0 Å². The first-order valence-electron chi connectivity index (χ1n) is 3.47. The highest BCUT2D eigenvalue weighted by molar-refractivity contribution is 5.06. The zero-order valence-corrected chi connectivity index (χ0v) is 7.13. The van der Waals surface area contributed by atoms with Crippen LogP contribution >= 0.6 is 0 Å². The molecule has 0 spiro atoms. The summed E-state index contributed by atoms with van der Waals surface area (Å²) in [5.41, 5.74) is 2.65. The summed E-state index contributed by atoms with van der Waals surface area (Å²) in [5, 5.41) is 6.66. The Balaban J connectivity index is 3.15. The molecule has 0 bridgehead atoms. The summed E-state index contributed by atoms with van der Waals surface area (Å²) in [5.74, 6) is -0.306. The number of hydrogen-bond donors (Lipinski definition) is 1. The van der Waals surface area contributed by atoms with Crippen LogP contribution in [0.1, 0.15) is 12.7 Å². The van der Waals surface area contributed by atoms with Gasteiger partial charge in [0, 0.05) is 7.05 Å². The molecule has 1 aromatic rings. The van der Waals surface area contributed by atoms with Crippen LogP contribution < -0.4 is 5.73 Å². The van der Waals surface area contributed by atoms with Gasteiger partial charge in [0.2, 0.25) is 0 Å². The van der Waals surface area contributed by atoms with Crippen LogP contribution in [0.5, 0.6) is 0 Å². The minimum absolute atomic E-state index is 0.306. The second-order valence-corrected chi connectivity index (χ2v) is 2.97. The van der Waals surface area contributed by atoms with Crippen molar-refractivity contribution < 1.29 is 13.2 Å². The van der Waals surface area contributed by atoms with Crippen molar-refractivity contribution in [1.82, 2.24) is 14.8 Å². The Labute approximate surface area is 72.6 Å². The van der Waals surface area contributed by atoms with Gasteiger partial charge in [-0.25, -0.2) is 0 Å². The Morgan fingerprint density at radius 1 is 1.46 bits per heavy atom. The van der Waals surface area contributed by atoms with E-state index in [0.717, 1.165) is 11.5 Å². The predicted molar refractivity (Wildman–Crippen MR) is 38.6 cm³/mol. The molecule has 74 valence electrons. The number of aryl methyl sites for hydroxylation is 1. The molecule has 0 radical (unpaired) electrons. The molecule has 7 heteroatoms. The number of hydrogen-bond acceptors (Lipinski definition) is 3. The molecule has 2 N–H and O–H groups in total. The molecular weight excluding hydrogens is 185 g/mol. The number of aromatic nitrogens is 3. The van der Waals surface area contributed by atoms with Gasteiger partial charge in [-0.2, -0.15) is 13.2 Å². The lowest BCUT2D eigenvalue weighted by atomic mass is 10.0. The Bertz CT molecular complexity index is 301. The Kier molecular flexibility index (Phi) is 2.07. The molecule has 13 heavy (non-hydrogen) atoms. The maximum Gasteiger partial charge on any atom is 0.413 e. The first-order chi connectivity index (χ1) is 5.77. The molecule has 1 heterocycles. The minimum Gasteiger partial charge on any atom is -0.319 e. The van der Waals surface area contributed by atoms with Crippen molar-refractivity contribution in [1.29, 1.82) is 0 Å². The van der Waals surface area contributed by atoms with Gasteiger partial charge in [-0.05, 0) is 6.92 Å². The van der Waals surface area contributed by atoms with Crippen molar-refractivity contribution >= 4 is 0 Å². The quantitative estimate of drug-likeness (QED) is 0.710. The van der Waals surface area contributed by atoms with E-state index in [1.165, 1.54) is 13.4 Å². The largest absolute Gasteiger partial charge is 0.413 e. The van der Waals surface area contributed by atoms with Crippen LogP contribution in [-0.2, 0) is 12.6 Å². The monoisotopic (exact) mass is 194 g/mol. The maximum absolute atomic E-state index is 12.4. The average Bonchev–Trinajstić information content (AvgIpc) is 2.32. The van der Waals surface area contributed by atoms with Gasteiger partial charge in [0.15, 0.2) is 11.4 Å². The molecule has 0 saturated carbocycles. The highest BCUT2D eigenvalue weighted by Crippen LogP contribution is 2.34. The van der Waals surface area contributed by atoms with Gasteiger partial charge in [-0.15, -0.1) is 10.2 Å². The summed E-state index contributed by atoms with van der Waals surface area (Å²) >= 11 is 0. The summed E-state index contributed by atoms with van der Waals surface area (Å²) in [6.45, 7) is 0.858. The van der Waals surface area contributed by atoms with E-state index in [4.69, 9.17) is 5.73 Å². The third kappa shape index (κ3) is 1.51. The number of rotatable bonds is 1. The van der Waals surface area contributed by atoms with Gasteiger partial charge in [-0.1, -0.05) is 0 Å². The van der Waals surface area contributed by atoms with E-state index in [1.54, 1.807) is 0 Å². The highest BCUT2D eigenvalue weighted by atomic mass is 19.4. The van der Waals surface area contributed by atoms with Crippen LogP contribution in [0.2, 0.25) is 0 Å². The van der Waals surface area contributed by atoms with Gasteiger partial charge >= 0.3 is 6.18 Å². The van der Waals surface area contributed by atoms with Crippen LogP contribution in [-0.4, -0.2) is 20.9 Å². The summed E-state index contributed by atoms with van der Waals surface area (Å²) in [7, 11) is 1.41. The summed E-state index contributed by atoms with van der Waals surface area (Å²) < 4.78 is 38.3. The molecule has 1 unspecified atom stereocenters. The topological polar surface area (TPSA) is 56.7 Å². The first kappa shape index (κ1) is 9.97.